The molecule has 3 aromatic carbocycles. The molecule has 0 aliphatic heterocycles. The predicted octanol–water partition coefficient (Wildman–Crippen LogP) is 4.65. The van der Waals surface area contributed by atoms with E-state index >= 15 is 0 Å². The zero-order valence-corrected chi connectivity index (χ0v) is 18.2. The van der Waals surface area contributed by atoms with Gasteiger partial charge in [0.25, 0.3) is 15.9 Å². The highest BCUT2D eigenvalue weighted by molar-refractivity contribution is 7.92. The molecule has 3 aromatic rings. The van der Waals surface area contributed by atoms with Gasteiger partial charge in [-0.2, -0.15) is 0 Å². The fraction of sp³-hybridized carbons (Fsp3) is 0.174. The van der Waals surface area contributed by atoms with Gasteiger partial charge in [0.05, 0.1) is 10.6 Å². The van der Waals surface area contributed by atoms with Crippen molar-refractivity contribution in [2.24, 2.45) is 0 Å². The zero-order chi connectivity index (χ0) is 22.6. The maximum Gasteiger partial charge on any atom is 0.265 e. The van der Waals surface area contributed by atoms with Gasteiger partial charge in [0.15, 0.2) is 6.10 Å². The summed E-state index contributed by atoms with van der Waals surface area (Å²) >= 11 is 0. The van der Waals surface area contributed by atoms with Crippen LogP contribution in [0.4, 0.5) is 15.8 Å². The first-order valence-corrected chi connectivity index (χ1v) is 11.1. The summed E-state index contributed by atoms with van der Waals surface area (Å²) in [4.78, 5) is 12.4. The Labute approximate surface area is 181 Å². The summed E-state index contributed by atoms with van der Waals surface area (Å²) in [6.07, 6.45) is -0.758. The predicted molar refractivity (Wildman–Crippen MR) is 118 cm³/mol. The number of amides is 1. The number of ether oxygens (including phenoxy) is 1. The molecule has 0 saturated heterocycles. The number of hydrogen-bond acceptors (Lipinski definition) is 4. The fourth-order valence-corrected chi connectivity index (χ4v) is 3.87. The van der Waals surface area contributed by atoms with Crippen molar-refractivity contribution >= 4 is 27.3 Å². The maximum atomic E-state index is 13.7. The molecule has 0 aliphatic carbocycles. The van der Waals surface area contributed by atoms with E-state index in [9.17, 15) is 17.6 Å². The standard InChI is InChI=1S/C23H23FN2O4S/c1-15-7-6-10-22(16(15)2)30-17(3)23(27)25-18-11-13-19(14-12-18)31(28,29)26-21-9-5-4-8-20(21)24/h4-14,17,26H,1-3H3,(H,25,27)/t17-/m1/s1. The number of carbonyl (C=O) groups is 1. The number of benzene rings is 3. The lowest BCUT2D eigenvalue weighted by atomic mass is 10.1. The van der Waals surface area contributed by atoms with E-state index in [-0.39, 0.29) is 16.5 Å². The molecule has 0 fully saturated rings. The van der Waals surface area contributed by atoms with Gasteiger partial charge in [-0.05, 0) is 74.4 Å². The van der Waals surface area contributed by atoms with E-state index in [1.165, 1.54) is 42.5 Å². The molecule has 162 valence electrons. The van der Waals surface area contributed by atoms with Gasteiger partial charge in [-0.3, -0.25) is 9.52 Å². The molecule has 8 heteroatoms. The lowest BCUT2D eigenvalue weighted by Gasteiger charge is -2.17. The van der Waals surface area contributed by atoms with Crippen molar-refractivity contribution in [1.82, 2.24) is 0 Å². The number of hydrogen-bond donors (Lipinski definition) is 2. The molecule has 1 amide bonds. The van der Waals surface area contributed by atoms with Crippen molar-refractivity contribution in [2.45, 2.75) is 31.8 Å². The smallest absolute Gasteiger partial charge is 0.265 e. The van der Waals surface area contributed by atoms with Gasteiger partial charge in [-0.25, -0.2) is 12.8 Å². The minimum atomic E-state index is -3.97. The number of anilines is 2. The second kappa shape index (κ2) is 9.18. The Balaban J connectivity index is 1.66. The Kier molecular flexibility index (Phi) is 6.60. The molecule has 1 atom stereocenters. The van der Waals surface area contributed by atoms with Crippen LogP contribution in [0.15, 0.2) is 71.6 Å². The summed E-state index contributed by atoms with van der Waals surface area (Å²) in [6, 6.07) is 16.7. The summed E-state index contributed by atoms with van der Waals surface area (Å²) < 4.78 is 46.7. The Hall–Kier alpha value is -3.39. The molecule has 6 nitrogen and oxygen atoms in total. The highest BCUT2D eigenvalue weighted by Crippen LogP contribution is 2.23. The van der Waals surface area contributed by atoms with Crippen LogP contribution in [0.5, 0.6) is 5.75 Å². The third-order valence-corrected chi connectivity index (χ3v) is 6.16. The van der Waals surface area contributed by atoms with Gasteiger partial charge in [0.2, 0.25) is 0 Å². The first kappa shape index (κ1) is 22.3. The van der Waals surface area contributed by atoms with Crippen LogP contribution in [0.3, 0.4) is 0 Å². The Morgan fingerprint density at radius 3 is 2.32 bits per heavy atom. The van der Waals surface area contributed by atoms with Crippen LogP contribution in [-0.2, 0) is 14.8 Å². The molecule has 2 N–H and O–H groups in total. The minimum absolute atomic E-state index is 0.0616. The van der Waals surface area contributed by atoms with Crippen LogP contribution >= 0.6 is 0 Å². The highest BCUT2D eigenvalue weighted by atomic mass is 32.2. The first-order valence-electron chi connectivity index (χ1n) is 9.58. The van der Waals surface area contributed by atoms with Gasteiger partial charge in [0.1, 0.15) is 11.6 Å². The third-order valence-electron chi connectivity index (χ3n) is 4.78. The van der Waals surface area contributed by atoms with Gasteiger partial charge in [0, 0.05) is 5.69 Å². The van der Waals surface area contributed by atoms with Crippen molar-refractivity contribution in [3.63, 3.8) is 0 Å². The lowest BCUT2D eigenvalue weighted by molar-refractivity contribution is -0.122. The number of para-hydroxylation sites is 1. The molecule has 31 heavy (non-hydrogen) atoms. The van der Waals surface area contributed by atoms with Crippen LogP contribution < -0.4 is 14.8 Å². The van der Waals surface area contributed by atoms with Gasteiger partial charge in [-0.1, -0.05) is 24.3 Å². The van der Waals surface area contributed by atoms with E-state index in [1.54, 1.807) is 13.0 Å². The van der Waals surface area contributed by atoms with E-state index in [1.807, 2.05) is 26.0 Å². The first-order chi connectivity index (χ1) is 14.7. The normalized spacial score (nSPS) is 12.1. The van der Waals surface area contributed by atoms with Crippen LogP contribution in [0, 0.1) is 19.7 Å². The molecular formula is C23H23FN2O4S. The summed E-state index contributed by atoms with van der Waals surface area (Å²) in [7, 11) is -3.97. The number of sulfonamides is 1. The van der Waals surface area contributed by atoms with Gasteiger partial charge >= 0.3 is 0 Å². The number of halogens is 1. The van der Waals surface area contributed by atoms with Crippen molar-refractivity contribution in [3.05, 3.63) is 83.7 Å². The quantitative estimate of drug-likeness (QED) is 0.558. The Morgan fingerprint density at radius 1 is 0.968 bits per heavy atom. The number of rotatable bonds is 7. The van der Waals surface area contributed by atoms with E-state index in [2.05, 4.69) is 10.0 Å². The molecule has 0 spiro atoms. The SMILES string of the molecule is Cc1cccc(O[C@H](C)C(=O)Nc2ccc(S(=O)(=O)Nc3ccccc3F)cc2)c1C. The average Bonchev–Trinajstić information content (AvgIpc) is 2.73. The summed E-state index contributed by atoms with van der Waals surface area (Å²) in [5.41, 5.74) is 2.29. The Bertz CT molecular complexity index is 1190. The molecule has 0 unspecified atom stereocenters. The van der Waals surface area contributed by atoms with Gasteiger partial charge in [-0.15, -0.1) is 0 Å². The van der Waals surface area contributed by atoms with E-state index in [0.29, 0.717) is 11.4 Å². The van der Waals surface area contributed by atoms with Crippen molar-refractivity contribution in [2.75, 3.05) is 10.0 Å². The zero-order valence-electron chi connectivity index (χ0n) is 17.3. The third kappa shape index (κ3) is 5.40. The topological polar surface area (TPSA) is 84.5 Å². The summed E-state index contributed by atoms with van der Waals surface area (Å²) in [6.45, 7) is 5.52. The summed E-state index contributed by atoms with van der Waals surface area (Å²) in [5, 5.41) is 2.69. The van der Waals surface area contributed by atoms with Gasteiger partial charge < -0.3 is 10.1 Å². The van der Waals surface area contributed by atoms with Crippen LogP contribution in [0.2, 0.25) is 0 Å². The largest absolute Gasteiger partial charge is 0.481 e. The molecule has 0 bridgehead atoms. The second-order valence-corrected chi connectivity index (χ2v) is 8.74. The van der Waals surface area contributed by atoms with Crippen molar-refractivity contribution in [3.8, 4) is 5.75 Å². The number of nitrogens with one attached hydrogen (secondary N) is 2. The van der Waals surface area contributed by atoms with Crippen molar-refractivity contribution < 1.29 is 22.3 Å². The van der Waals surface area contributed by atoms with Crippen LogP contribution in [-0.4, -0.2) is 20.4 Å². The van der Waals surface area contributed by atoms with Crippen LogP contribution in [0.25, 0.3) is 0 Å². The number of carbonyl (C=O) groups excluding carboxylic acids is 1. The number of aryl methyl sites for hydroxylation is 1. The highest BCUT2D eigenvalue weighted by Gasteiger charge is 2.18. The molecule has 0 heterocycles. The molecule has 0 aliphatic rings. The maximum absolute atomic E-state index is 13.7. The molecule has 3 rings (SSSR count). The minimum Gasteiger partial charge on any atom is -0.481 e. The van der Waals surface area contributed by atoms with E-state index < -0.39 is 21.9 Å². The molecule has 0 radical (unpaired) electrons. The Morgan fingerprint density at radius 2 is 1.65 bits per heavy atom. The second-order valence-electron chi connectivity index (χ2n) is 7.06. The summed E-state index contributed by atoms with van der Waals surface area (Å²) in [5.74, 6) is -0.419. The monoisotopic (exact) mass is 442 g/mol. The fourth-order valence-electron chi connectivity index (χ4n) is 2.80. The molecule has 0 saturated carbocycles. The lowest BCUT2D eigenvalue weighted by Crippen LogP contribution is -2.30. The van der Waals surface area contributed by atoms with E-state index in [0.717, 1.165) is 17.2 Å². The van der Waals surface area contributed by atoms with Crippen molar-refractivity contribution in [1.29, 1.82) is 0 Å². The van der Waals surface area contributed by atoms with E-state index in [4.69, 9.17) is 4.74 Å². The molecule has 0 aromatic heterocycles. The average molecular weight is 443 g/mol. The molecular weight excluding hydrogens is 419 g/mol. The van der Waals surface area contributed by atoms with Crippen LogP contribution in [0.1, 0.15) is 18.1 Å².